The van der Waals surface area contributed by atoms with E-state index in [1.807, 2.05) is 43.3 Å². The maximum Gasteiger partial charge on any atom is 0.127 e. The molecule has 2 aromatic carbocycles. The molecule has 2 aromatic rings. The summed E-state index contributed by atoms with van der Waals surface area (Å²) < 4.78 is 17.4. The quantitative estimate of drug-likeness (QED) is 0.790. The standard InChI is InChI=1S/C15H16O2S/c1-12-4-6-13(7-5-12)17-14-8-10-15(11-9-14)18(2,3)16/h4-11H,2H2,1,3H3. The van der Waals surface area contributed by atoms with Crippen molar-refractivity contribution in [3.05, 3.63) is 54.1 Å². The monoisotopic (exact) mass is 260 g/mol. The minimum atomic E-state index is -2.15. The van der Waals surface area contributed by atoms with Gasteiger partial charge >= 0.3 is 0 Å². The first-order chi connectivity index (χ1) is 8.45. The summed E-state index contributed by atoms with van der Waals surface area (Å²) in [4.78, 5) is 0.735. The van der Waals surface area contributed by atoms with E-state index in [9.17, 15) is 4.21 Å². The van der Waals surface area contributed by atoms with E-state index in [0.29, 0.717) is 0 Å². The van der Waals surface area contributed by atoms with Gasteiger partial charge in [-0.05, 0) is 58.7 Å². The van der Waals surface area contributed by atoms with Crippen molar-refractivity contribution in [2.45, 2.75) is 11.8 Å². The zero-order valence-electron chi connectivity index (χ0n) is 10.6. The molecule has 0 saturated carbocycles. The van der Waals surface area contributed by atoms with Gasteiger partial charge in [-0.2, -0.15) is 0 Å². The van der Waals surface area contributed by atoms with Crippen LogP contribution in [-0.2, 0) is 9.52 Å². The zero-order chi connectivity index (χ0) is 13.2. The van der Waals surface area contributed by atoms with E-state index in [-0.39, 0.29) is 0 Å². The minimum absolute atomic E-state index is 0.728. The molecular formula is C15H16O2S. The molecule has 1 atom stereocenters. The highest BCUT2D eigenvalue weighted by molar-refractivity contribution is 7.99. The average Bonchev–Trinajstić information content (AvgIpc) is 2.32. The van der Waals surface area contributed by atoms with Crippen LogP contribution in [0.5, 0.6) is 11.5 Å². The molecule has 94 valence electrons. The van der Waals surface area contributed by atoms with Crippen molar-refractivity contribution >= 4 is 15.4 Å². The molecule has 0 aromatic heterocycles. The number of aryl methyl sites for hydroxylation is 1. The van der Waals surface area contributed by atoms with E-state index in [1.165, 1.54) is 5.56 Å². The lowest BCUT2D eigenvalue weighted by atomic mass is 10.2. The largest absolute Gasteiger partial charge is 0.457 e. The van der Waals surface area contributed by atoms with E-state index in [4.69, 9.17) is 4.74 Å². The van der Waals surface area contributed by atoms with Crippen LogP contribution in [0.3, 0.4) is 0 Å². The Balaban J connectivity index is 2.18. The third-order valence-electron chi connectivity index (χ3n) is 2.58. The molecule has 0 N–H and O–H groups in total. The van der Waals surface area contributed by atoms with Crippen LogP contribution in [0.15, 0.2) is 53.4 Å². The summed E-state index contributed by atoms with van der Waals surface area (Å²) >= 11 is 0. The van der Waals surface area contributed by atoms with Gasteiger partial charge in [0.25, 0.3) is 0 Å². The predicted molar refractivity (Wildman–Crippen MR) is 77.1 cm³/mol. The number of hydrogen-bond acceptors (Lipinski definition) is 2. The SMILES string of the molecule is C=S(C)(=O)c1ccc(Oc2ccc(C)cc2)cc1. The van der Waals surface area contributed by atoms with Gasteiger partial charge in [-0.3, -0.25) is 4.21 Å². The number of benzene rings is 2. The molecule has 3 heteroatoms. The van der Waals surface area contributed by atoms with Crippen LogP contribution < -0.4 is 4.74 Å². The molecule has 0 fully saturated rings. The zero-order valence-corrected chi connectivity index (χ0v) is 11.4. The second kappa shape index (κ2) is 4.86. The Morgan fingerprint density at radius 1 is 0.944 bits per heavy atom. The fourth-order valence-electron chi connectivity index (χ4n) is 1.54. The molecule has 0 saturated heterocycles. The highest BCUT2D eigenvalue weighted by Crippen LogP contribution is 2.23. The van der Waals surface area contributed by atoms with Crippen LogP contribution in [-0.4, -0.2) is 16.3 Å². The summed E-state index contributed by atoms with van der Waals surface area (Å²) in [5.74, 6) is 5.17. The van der Waals surface area contributed by atoms with Gasteiger partial charge in [-0.1, -0.05) is 17.7 Å². The summed E-state index contributed by atoms with van der Waals surface area (Å²) in [7, 11) is -2.15. The topological polar surface area (TPSA) is 26.3 Å². The molecule has 0 heterocycles. The summed E-state index contributed by atoms with van der Waals surface area (Å²) in [5, 5.41) is 0. The summed E-state index contributed by atoms with van der Waals surface area (Å²) in [6, 6.07) is 15.0. The first kappa shape index (κ1) is 12.7. The molecule has 0 spiro atoms. The van der Waals surface area contributed by atoms with E-state index < -0.39 is 9.52 Å². The Bertz CT molecular complexity index is 623. The second-order valence-electron chi connectivity index (χ2n) is 4.39. The van der Waals surface area contributed by atoms with Crippen LogP contribution in [0.2, 0.25) is 0 Å². The van der Waals surface area contributed by atoms with Gasteiger partial charge in [0.05, 0.1) is 0 Å². The van der Waals surface area contributed by atoms with Gasteiger partial charge in [0.2, 0.25) is 0 Å². The Labute approximate surface area is 108 Å². The van der Waals surface area contributed by atoms with Gasteiger partial charge in [0, 0.05) is 11.2 Å². The van der Waals surface area contributed by atoms with Crippen LogP contribution >= 0.6 is 0 Å². The molecule has 1 unspecified atom stereocenters. The predicted octanol–water partition coefficient (Wildman–Crippen LogP) is 3.49. The average molecular weight is 260 g/mol. The highest BCUT2D eigenvalue weighted by Gasteiger charge is 2.02. The van der Waals surface area contributed by atoms with Gasteiger partial charge in [-0.15, -0.1) is 0 Å². The summed E-state index contributed by atoms with van der Waals surface area (Å²) in [6.45, 7) is 2.03. The van der Waals surface area contributed by atoms with E-state index >= 15 is 0 Å². The van der Waals surface area contributed by atoms with Gasteiger partial charge in [0.1, 0.15) is 11.5 Å². The molecule has 0 amide bonds. The van der Waals surface area contributed by atoms with Crippen LogP contribution in [0.25, 0.3) is 0 Å². The van der Waals surface area contributed by atoms with Crippen molar-refractivity contribution in [1.82, 2.24) is 0 Å². The Hall–Kier alpha value is -1.74. The number of hydrogen-bond donors (Lipinski definition) is 0. The number of ether oxygens (including phenoxy) is 1. The normalized spacial score (nSPS) is 13.9. The Morgan fingerprint density at radius 3 is 1.83 bits per heavy atom. The molecule has 0 aliphatic heterocycles. The molecular weight excluding hydrogens is 244 g/mol. The fourth-order valence-corrected chi connectivity index (χ4v) is 2.25. The van der Waals surface area contributed by atoms with Crippen molar-refractivity contribution in [2.75, 3.05) is 6.26 Å². The lowest BCUT2D eigenvalue weighted by Crippen LogP contribution is -1.95. The van der Waals surface area contributed by atoms with Gasteiger partial charge < -0.3 is 4.74 Å². The first-order valence-electron chi connectivity index (χ1n) is 5.62. The highest BCUT2D eigenvalue weighted by atomic mass is 32.2. The van der Waals surface area contributed by atoms with Crippen molar-refractivity contribution in [3.8, 4) is 11.5 Å². The van der Waals surface area contributed by atoms with Crippen LogP contribution in [0.4, 0.5) is 0 Å². The van der Waals surface area contributed by atoms with Gasteiger partial charge in [-0.25, -0.2) is 0 Å². The third-order valence-corrected chi connectivity index (χ3v) is 3.85. The summed E-state index contributed by atoms with van der Waals surface area (Å²) in [6.07, 6.45) is 1.63. The second-order valence-corrected chi connectivity index (χ2v) is 6.87. The van der Waals surface area contributed by atoms with Crippen molar-refractivity contribution < 1.29 is 8.95 Å². The van der Waals surface area contributed by atoms with Gasteiger partial charge in [0.15, 0.2) is 0 Å². The lowest BCUT2D eigenvalue weighted by molar-refractivity contribution is 0.482. The van der Waals surface area contributed by atoms with Crippen LogP contribution in [0, 0.1) is 6.92 Å². The number of rotatable bonds is 3. The Morgan fingerprint density at radius 2 is 1.39 bits per heavy atom. The maximum atomic E-state index is 11.7. The summed E-state index contributed by atoms with van der Waals surface area (Å²) in [5.41, 5.74) is 1.19. The van der Waals surface area contributed by atoms with Crippen molar-refractivity contribution in [1.29, 1.82) is 0 Å². The first-order valence-corrected chi connectivity index (χ1v) is 7.75. The molecule has 0 aliphatic rings. The molecule has 0 bridgehead atoms. The Kier molecular flexibility index (Phi) is 3.43. The van der Waals surface area contributed by atoms with Crippen molar-refractivity contribution in [2.24, 2.45) is 0 Å². The van der Waals surface area contributed by atoms with E-state index in [2.05, 4.69) is 5.87 Å². The minimum Gasteiger partial charge on any atom is -0.457 e. The molecule has 0 aliphatic carbocycles. The van der Waals surface area contributed by atoms with E-state index in [0.717, 1.165) is 16.4 Å². The maximum absolute atomic E-state index is 11.7. The molecule has 18 heavy (non-hydrogen) atoms. The molecule has 0 radical (unpaired) electrons. The lowest BCUT2D eigenvalue weighted by Gasteiger charge is -2.07. The molecule has 2 nitrogen and oxygen atoms in total. The fraction of sp³-hybridized carbons (Fsp3) is 0.133. The van der Waals surface area contributed by atoms with Crippen molar-refractivity contribution in [3.63, 3.8) is 0 Å². The van der Waals surface area contributed by atoms with Crippen LogP contribution in [0.1, 0.15) is 5.56 Å². The smallest absolute Gasteiger partial charge is 0.127 e. The third kappa shape index (κ3) is 3.14. The molecule has 2 rings (SSSR count). The van der Waals surface area contributed by atoms with E-state index in [1.54, 1.807) is 18.4 Å².